The van der Waals surface area contributed by atoms with Crippen molar-refractivity contribution in [2.45, 2.75) is 46.0 Å². The summed E-state index contributed by atoms with van der Waals surface area (Å²) in [5.74, 6) is -0.0642. The van der Waals surface area contributed by atoms with Gasteiger partial charge in [0.1, 0.15) is 5.75 Å². The van der Waals surface area contributed by atoms with Crippen molar-refractivity contribution >= 4 is 11.8 Å². The topological polar surface area (TPSA) is 64.6 Å². The number of ether oxygens (including phenoxy) is 2. The van der Waals surface area contributed by atoms with E-state index in [4.69, 9.17) is 9.47 Å². The molecule has 26 heavy (non-hydrogen) atoms. The lowest BCUT2D eigenvalue weighted by atomic mass is 9.75. The molecule has 3 rings (SSSR count). The van der Waals surface area contributed by atoms with Gasteiger partial charge in [-0.3, -0.25) is 4.79 Å². The van der Waals surface area contributed by atoms with Crippen LogP contribution in [-0.2, 0) is 14.3 Å². The fourth-order valence-electron chi connectivity index (χ4n) is 3.78. The number of ketones is 1. The van der Waals surface area contributed by atoms with Crippen molar-refractivity contribution in [1.29, 1.82) is 0 Å². The molecule has 1 aromatic rings. The van der Waals surface area contributed by atoms with E-state index in [0.717, 1.165) is 29.8 Å². The minimum absolute atomic E-state index is 0.0874. The molecule has 1 atom stereocenters. The van der Waals surface area contributed by atoms with Gasteiger partial charge in [0.15, 0.2) is 5.78 Å². The summed E-state index contributed by atoms with van der Waals surface area (Å²) >= 11 is 0. The predicted molar refractivity (Wildman–Crippen MR) is 98.7 cm³/mol. The fourth-order valence-corrected chi connectivity index (χ4v) is 3.78. The van der Waals surface area contributed by atoms with Crippen LogP contribution in [0.25, 0.3) is 0 Å². The van der Waals surface area contributed by atoms with Crippen LogP contribution in [-0.4, -0.2) is 25.0 Å². The van der Waals surface area contributed by atoms with E-state index in [-0.39, 0.29) is 12.4 Å². The van der Waals surface area contributed by atoms with Gasteiger partial charge < -0.3 is 14.8 Å². The molecule has 138 valence electrons. The molecule has 1 aliphatic heterocycles. The zero-order chi connectivity index (χ0) is 18.7. The van der Waals surface area contributed by atoms with E-state index in [2.05, 4.69) is 5.32 Å². The number of esters is 1. The van der Waals surface area contributed by atoms with Gasteiger partial charge in [-0.25, -0.2) is 4.79 Å². The number of carbonyl (C=O) groups excluding carboxylic acids is 2. The van der Waals surface area contributed by atoms with Crippen LogP contribution in [0.4, 0.5) is 0 Å². The zero-order valence-corrected chi connectivity index (χ0v) is 15.6. The Balaban J connectivity index is 2.19. The van der Waals surface area contributed by atoms with Crippen molar-refractivity contribution < 1.29 is 19.1 Å². The molecule has 0 aromatic heterocycles. The van der Waals surface area contributed by atoms with Gasteiger partial charge in [-0.2, -0.15) is 0 Å². The Hall–Kier alpha value is -2.56. The molecule has 1 aliphatic carbocycles. The normalized spacial score (nSPS) is 19.8. The minimum atomic E-state index is -0.458. The molecule has 1 N–H and O–H groups in total. The Kier molecular flexibility index (Phi) is 5.45. The molecule has 0 fully saturated rings. The molecule has 2 aliphatic rings. The highest BCUT2D eigenvalue weighted by atomic mass is 16.5. The number of para-hydroxylation sites is 1. The molecule has 0 saturated heterocycles. The van der Waals surface area contributed by atoms with Gasteiger partial charge in [0.05, 0.1) is 24.7 Å². The van der Waals surface area contributed by atoms with Gasteiger partial charge in [0.25, 0.3) is 0 Å². The summed E-state index contributed by atoms with van der Waals surface area (Å²) in [6.45, 7) is 6.37. The SMILES string of the molecule is CCOC(=O)C1=C(C)NC2=C(C(=O)CCC2)C1c1ccccc1OCC. The van der Waals surface area contributed by atoms with Crippen molar-refractivity contribution in [3.8, 4) is 5.75 Å². The third-order valence-electron chi connectivity index (χ3n) is 4.80. The lowest BCUT2D eigenvalue weighted by molar-refractivity contribution is -0.138. The van der Waals surface area contributed by atoms with Gasteiger partial charge in [-0.1, -0.05) is 18.2 Å². The third kappa shape index (κ3) is 3.26. The average molecular weight is 355 g/mol. The molecule has 5 nitrogen and oxygen atoms in total. The summed E-state index contributed by atoms with van der Waals surface area (Å²) in [5.41, 5.74) is 3.67. The van der Waals surface area contributed by atoms with Crippen molar-refractivity contribution in [3.63, 3.8) is 0 Å². The van der Waals surface area contributed by atoms with Crippen molar-refractivity contribution in [1.82, 2.24) is 5.32 Å². The molecule has 5 heteroatoms. The first-order chi connectivity index (χ1) is 12.6. The number of nitrogens with one attached hydrogen (secondary N) is 1. The number of rotatable bonds is 5. The number of hydrogen-bond donors (Lipinski definition) is 1. The second kappa shape index (κ2) is 7.77. The van der Waals surface area contributed by atoms with E-state index in [0.29, 0.717) is 29.9 Å². The standard InChI is InChI=1S/C21H25NO4/c1-4-25-17-12-7-6-9-14(17)19-18(21(24)26-5-2)13(3)22-15-10-8-11-16(23)20(15)19/h6-7,9,12,19,22H,4-5,8,10-11H2,1-3H3. The van der Waals surface area contributed by atoms with Gasteiger partial charge in [-0.05, 0) is 39.7 Å². The largest absolute Gasteiger partial charge is 0.494 e. The highest BCUT2D eigenvalue weighted by Crippen LogP contribution is 2.45. The van der Waals surface area contributed by atoms with Gasteiger partial charge in [-0.15, -0.1) is 0 Å². The number of dihydropyridines is 1. The first-order valence-corrected chi connectivity index (χ1v) is 9.21. The van der Waals surface area contributed by atoms with Gasteiger partial charge in [0.2, 0.25) is 0 Å². The molecule has 0 spiro atoms. The first kappa shape index (κ1) is 18.2. The molecule has 0 radical (unpaired) electrons. The van der Waals surface area contributed by atoms with E-state index in [1.165, 1.54) is 0 Å². The number of hydrogen-bond acceptors (Lipinski definition) is 5. The second-order valence-electron chi connectivity index (χ2n) is 6.46. The molecule has 1 aromatic carbocycles. The van der Waals surface area contributed by atoms with Crippen LogP contribution in [0.3, 0.4) is 0 Å². The van der Waals surface area contributed by atoms with Crippen molar-refractivity contribution in [3.05, 3.63) is 52.4 Å². The van der Waals surface area contributed by atoms with E-state index < -0.39 is 11.9 Å². The van der Waals surface area contributed by atoms with Crippen LogP contribution < -0.4 is 10.1 Å². The van der Waals surface area contributed by atoms with Crippen molar-refractivity contribution in [2.24, 2.45) is 0 Å². The summed E-state index contributed by atoms with van der Waals surface area (Å²) in [6, 6.07) is 7.62. The Morgan fingerprint density at radius 2 is 1.96 bits per heavy atom. The summed E-state index contributed by atoms with van der Waals surface area (Å²) in [7, 11) is 0. The molecular weight excluding hydrogens is 330 g/mol. The van der Waals surface area contributed by atoms with Crippen molar-refractivity contribution in [2.75, 3.05) is 13.2 Å². The fraction of sp³-hybridized carbons (Fsp3) is 0.429. The molecule has 0 amide bonds. The molecule has 0 bridgehead atoms. The second-order valence-corrected chi connectivity index (χ2v) is 6.46. The third-order valence-corrected chi connectivity index (χ3v) is 4.80. The summed E-state index contributed by atoms with van der Waals surface area (Å²) in [6.07, 6.45) is 2.14. The van der Waals surface area contributed by atoms with Crippen LogP contribution in [0.5, 0.6) is 5.75 Å². The number of allylic oxidation sites excluding steroid dienone is 3. The van der Waals surface area contributed by atoms with E-state index >= 15 is 0 Å². The maximum atomic E-state index is 12.8. The Morgan fingerprint density at radius 3 is 2.69 bits per heavy atom. The Labute approximate surface area is 154 Å². The number of carbonyl (C=O) groups is 2. The number of Topliss-reactive ketones (excluding diaryl/α,β-unsaturated/α-hetero) is 1. The summed E-state index contributed by atoms with van der Waals surface area (Å²) in [5, 5.41) is 3.29. The molecule has 1 heterocycles. The van der Waals surface area contributed by atoms with Gasteiger partial charge in [0, 0.05) is 29.0 Å². The van der Waals surface area contributed by atoms with Crippen LogP contribution in [0.1, 0.15) is 51.5 Å². The maximum Gasteiger partial charge on any atom is 0.336 e. The zero-order valence-electron chi connectivity index (χ0n) is 15.6. The summed E-state index contributed by atoms with van der Waals surface area (Å²) < 4.78 is 11.1. The highest BCUT2D eigenvalue weighted by molar-refractivity contribution is 6.04. The Morgan fingerprint density at radius 1 is 1.19 bits per heavy atom. The quantitative estimate of drug-likeness (QED) is 0.818. The maximum absolute atomic E-state index is 12.8. The van der Waals surface area contributed by atoms with Crippen LogP contribution in [0.15, 0.2) is 46.8 Å². The monoisotopic (exact) mass is 355 g/mol. The summed E-state index contributed by atoms with van der Waals surface area (Å²) in [4.78, 5) is 25.5. The predicted octanol–water partition coefficient (Wildman–Crippen LogP) is 3.62. The van der Waals surface area contributed by atoms with Gasteiger partial charge >= 0.3 is 5.97 Å². The van der Waals surface area contributed by atoms with Crippen LogP contribution in [0, 0.1) is 0 Å². The average Bonchev–Trinajstić information content (AvgIpc) is 2.62. The number of benzene rings is 1. The lowest BCUT2D eigenvalue weighted by Gasteiger charge is -2.34. The Bertz CT molecular complexity index is 791. The molecule has 1 unspecified atom stereocenters. The first-order valence-electron chi connectivity index (χ1n) is 9.21. The van der Waals surface area contributed by atoms with E-state index in [1.807, 2.05) is 38.1 Å². The molecular formula is C21H25NO4. The van der Waals surface area contributed by atoms with E-state index in [1.54, 1.807) is 6.92 Å². The smallest absolute Gasteiger partial charge is 0.336 e. The lowest BCUT2D eigenvalue weighted by Crippen LogP contribution is -2.34. The highest BCUT2D eigenvalue weighted by Gasteiger charge is 2.40. The minimum Gasteiger partial charge on any atom is -0.494 e. The van der Waals surface area contributed by atoms with E-state index in [9.17, 15) is 9.59 Å². The molecule has 0 saturated carbocycles. The van der Waals surface area contributed by atoms with Crippen LogP contribution in [0.2, 0.25) is 0 Å². The van der Waals surface area contributed by atoms with Crippen LogP contribution >= 0.6 is 0 Å².